The molecule has 0 spiro atoms. The molecule has 0 unspecified atom stereocenters. The highest BCUT2D eigenvalue weighted by molar-refractivity contribution is 9.10. The third kappa shape index (κ3) is 5.57. The van der Waals surface area contributed by atoms with Gasteiger partial charge >= 0.3 is 5.97 Å². The van der Waals surface area contributed by atoms with Crippen LogP contribution in [0.3, 0.4) is 0 Å². The number of rotatable bonds is 11. The lowest BCUT2D eigenvalue weighted by atomic mass is 10.0. The molecule has 0 fully saturated rings. The molecular formula is C31H27BrN6O3S. The molecule has 0 aliphatic carbocycles. The topological polar surface area (TPSA) is 123 Å². The van der Waals surface area contributed by atoms with Crippen molar-refractivity contribution < 1.29 is 14.3 Å². The Morgan fingerprint density at radius 3 is 2.74 bits per heavy atom. The predicted octanol–water partition coefficient (Wildman–Crippen LogP) is 7.40. The SMILES string of the molecule is CCCCc1ncc(/C=C(\Cc2cccs2)C(=O)O)n1Cc1cccc2oc(-c3ccccc3-c3nn[nH]n3)c(Br)c12. The van der Waals surface area contributed by atoms with E-state index in [0.717, 1.165) is 67.8 Å². The zero-order valence-electron chi connectivity index (χ0n) is 22.7. The van der Waals surface area contributed by atoms with E-state index in [4.69, 9.17) is 9.40 Å². The lowest BCUT2D eigenvalue weighted by Gasteiger charge is -2.12. The van der Waals surface area contributed by atoms with Crippen LogP contribution in [0.4, 0.5) is 0 Å². The fraction of sp³-hybridized carbons (Fsp3) is 0.194. The Morgan fingerprint density at radius 2 is 2.00 bits per heavy atom. The third-order valence-corrected chi connectivity index (χ3v) is 8.73. The Hall–Kier alpha value is -4.35. The molecule has 2 aromatic carbocycles. The van der Waals surface area contributed by atoms with Crippen LogP contribution in [0, 0.1) is 0 Å². The number of nitrogens with zero attached hydrogens (tertiary/aromatic N) is 5. The van der Waals surface area contributed by atoms with Crippen molar-refractivity contribution in [2.75, 3.05) is 0 Å². The standard InChI is InChI=1S/C31H27BrN6O3S/c1-2-3-13-26-33-17-21(15-20(31(39)40)16-22-9-7-14-42-22)38(26)18-19-8-6-12-25-27(19)28(32)29(41-25)23-10-4-5-11-24(23)30-34-36-37-35-30/h4-12,14-15,17H,2-3,13,16,18H2,1H3,(H,39,40)(H,34,35,36,37)/b20-15+. The van der Waals surface area contributed by atoms with Crippen LogP contribution >= 0.6 is 27.3 Å². The van der Waals surface area contributed by atoms with E-state index in [1.54, 1.807) is 23.6 Å². The lowest BCUT2D eigenvalue weighted by Crippen LogP contribution is -2.09. The first kappa shape index (κ1) is 27.8. The average Bonchev–Trinajstić information content (AvgIpc) is 3.81. The van der Waals surface area contributed by atoms with Gasteiger partial charge in [-0.2, -0.15) is 5.21 Å². The van der Waals surface area contributed by atoms with E-state index < -0.39 is 5.97 Å². The Kier molecular flexibility index (Phi) is 8.11. The molecule has 0 saturated carbocycles. The number of furan rings is 1. The van der Waals surface area contributed by atoms with Crippen molar-refractivity contribution in [2.45, 2.75) is 39.2 Å². The van der Waals surface area contributed by atoms with E-state index in [0.29, 0.717) is 30.1 Å². The summed E-state index contributed by atoms with van der Waals surface area (Å²) in [7, 11) is 0. The zero-order valence-corrected chi connectivity index (χ0v) is 25.2. The summed E-state index contributed by atoms with van der Waals surface area (Å²) in [6, 6.07) is 17.6. The number of carbonyl (C=O) groups is 1. The van der Waals surface area contributed by atoms with Gasteiger partial charge in [-0.3, -0.25) is 0 Å². The Bertz CT molecular complexity index is 1870. The molecule has 42 heavy (non-hydrogen) atoms. The molecule has 0 aliphatic heterocycles. The highest BCUT2D eigenvalue weighted by Gasteiger charge is 2.22. The summed E-state index contributed by atoms with van der Waals surface area (Å²) < 4.78 is 9.36. The fourth-order valence-corrected chi connectivity index (χ4v) is 6.51. The van der Waals surface area contributed by atoms with Crippen LogP contribution in [0.15, 0.2) is 80.6 Å². The first-order valence-corrected chi connectivity index (χ1v) is 15.2. The predicted molar refractivity (Wildman–Crippen MR) is 166 cm³/mol. The molecule has 0 amide bonds. The number of aryl methyl sites for hydroxylation is 1. The highest BCUT2D eigenvalue weighted by atomic mass is 79.9. The zero-order chi connectivity index (χ0) is 29.1. The van der Waals surface area contributed by atoms with Crippen LogP contribution < -0.4 is 0 Å². The molecule has 0 radical (unpaired) electrons. The normalized spacial score (nSPS) is 11.9. The highest BCUT2D eigenvalue weighted by Crippen LogP contribution is 2.42. The molecule has 2 N–H and O–H groups in total. The number of aromatic nitrogens is 6. The maximum atomic E-state index is 12.2. The van der Waals surface area contributed by atoms with Crippen molar-refractivity contribution in [3.05, 3.63) is 98.2 Å². The minimum Gasteiger partial charge on any atom is -0.478 e. The number of fused-ring (bicyclic) bond motifs is 1. The molecule has 212 valence electrons. The van der Waals surface area contributed by atoms with Crippen molar-refractivity contribution in [1.29, 1.82) is 0 Å². The summed E-state index contributed by atoms with van der Waals surface area (Å²) in [5, 5.41) is 27.5. The molecule has 4 aromatic heterocycles. The summed E-state index contributed by atoms with van der Waals surface area (Å²) in [5.41, 5.74) is 4.46. The van der Waals surface area contributed by atoms with E-state index >= 15 is 0 Å². The number of benzene rings is 2. The number of nitrogens with one attached hydrogen (secondary N) is 1. The number of thiophene rings is 1. The molecule has 0 bridgehead atoms. The number of tetrazole rings is 1. The first-order chi connectivity index (χ1) is 20.5. The Balaban J connectivity index is 1.43. The molecule has 9 nitrogen and oxygen atoms in total. The number of carboxylic acids is 1. The van der Waals surface area contributed by atoms with Crippen LogP contribution in [-0.2, 0) is 24.2 Å². The van der Waals surface area contributed by atoms with Gasteiger partial charge in [0.05, 0.1) is 22.9 Å². The van der Waals surface area contributed by atoms with Gasteiger partial charge in [-0.05, 0) is 56.7 Å². The van der Waals surface area contributed by atoms with Crippen LogP contribution in [0.1, 0.15) is 41.7 Å². The largest absolute Gasteiger partial charge is 0.478 e. The number of hydrogen-bond donors (Lipinski definition) is 2. The summed E-state index contributed by atoms with van der Waals surface area (Å²) in [5.74, 6) is 1.13. The van der Waals surface area contributed by atoms with Crippen molar-refractivity contribution >= 4 is 50.3 Å². The summed E-state index contributed by atoms with van der Waals surface area (Å²) in [6.45, 7) is 2.65. The van der Waals surface area contributed by atoms with Gasteiger partial charge in [0.15, 0.2) is 0 Å². The smallest absolute Gasteiger partial charge is 0.332 e. The van der Waals surface area contributed by atoms with Gasteiger partial charge in [0.1, 0.15) is 17.2 Å². The van der Waals surface area contributed by atoms with Crippen molar-refractivity contribution in [2.24, 2.45) is 0 Å². The molecule has 11 heteroatoms. The van der Waals surface area contributed by atoms with E-state index in [9.17, 15) is 9.90 Å². The summed E-state index contributed by atoms with van der Waals surface area (Å²) in [4.78, 5) is 17.9. The number of H-pyrrole nitrogens is 1. The van der Waals surface area contributed by atoms with Crippen LogP contribution in [0.25, 0.3) is 39.8 Å². The average molecular weight is 644 g/mol. The third-order valence-electron chi connectivity index (χ3n) is 7.09. The second kappa shape index (κ2) is 12.3. The summed E-state index contributed by atoms with van der Waals surface area (Å²) in [6.07, 6.45) is 6.69. The second-order valence-corrected chi connectivity index (χ2v) is 11.7. The van der Waals surface area contributed by atoms with Crippen molar-refractivity contribution in [3.8, 4) is 22.7 Å². The van der Waals surface area contributed by atoms with Crippen LogP contribution in [0.2, 0.25) is 0 Å². The molecule has 0 aliphatic rings. The lowest BCUT2D eigenvalue weighted by molar-refractivity contribution is -0.132. The van der Waals surface area contributed by atoms with Gasteiger partial charge in [0.25, 0.3) is 0 Å². The van der Waals surface area contributed by atoms with Crippen molar-refractivity contribution in [3.63, 3.8) is 0 Å². The van der Waals surface area contributed by atoms with E-state index in [1.165, 1.54) is 0 Å². The number of imidazole rings is 1. The van der Waals surface area contributed by atoms with E-state index in [-0.39, 0.29) is 0 Å². The van der Waals surface area contributed by atoms with Crippen molar-refractivity contribution in [1.82, 2.24) is 30.2 Å². The number of halogens is 1. The van der Waals surface area contributed by atoms with Gasteiger partial charge in [0.2, 0.25) is 5.82 Å². The van der Waals surface area contributed by atoms with Gasteiger partial charge in [-0.25, -0.2) is 9.78 Å². The van der Waals surface area contributed by atoms with E-state index in [2.05, 4.69) is 54.1 Å². The number of carboxylic acid groups (broad SMARTS) is 1. The number of aromatic amines is 1. The number of unbranched alkanes of at least 4 members (excludes halogenated alkanes) is 1. The molecule has 6 aromatic rings. The summed E-state index contributed by atoms with van der Waals surface area (Å²) >= 11 is 5.39. The first-order valence-electron chi connectivity index (χ1n) is 13.6. The Morgan fingerprint density at radius 1 is 1.14 bits per heavy atom. The van der Waals surface area contributed by atoms with Gasteiger partial charge < -0.3 is 14.1 Å². The quantitative estimate of drug-likeness (QED) is 0.141. The van der Waals surface area contributed by atoms with Gasteiger partial charge in [-0.1, -0.05) is 55.8 Å². The van der Waals surface area contributed by atoms with Gasteiger partial charge in [0, 0.05) is 39.8 Å². The molecule has 0 saturated heterocycles. The molecule has 0 atom stereocenters. The fourth-order valence-electron chi connectivity index (χ4n) is 5.04. The minimum atomic E-state index is -0.934. The molecule has 4 heterocycles. The number of aliphatic carboxylic acids is 1. The number of hydrogen-bond acceptors (Lipinski definition) is 7. The maximum Gasteiger partial charge on any atom is 0.332 e. The van der Waals surface area contributed by atoms with E-state index in [1.807, 2.05) is 53.9 Å². The maximum absolute atomic E-state index is 12.2. The van der Waals surface area contributed by atoms with Gasteiger partial charge in [-0.15, -0.1) is 21.5 Å². The minimum absolute atomic E-state index is 0.323. The second-order valence-electron chi connectivity index (χ2n) is 9.84. The Labute approximate surface area is 254 Å². The molecule has 6 rings (SSSR count). The van der Waals surface area contributed by atoms with Crippen LogP contribution in [-0.4, -0.2) is 41.3 Å². The monoisotopic (exact) mass is 642 g/mol. The molecular weight excluding hydrogens is 616 g/mol. The van der Waals surface area contributed by atoms with Crippen LogP contribution in [0.5, 0.6) is 0 Å².